The molecular formula is C19H20F3N3O4. The number of para-hydroxylation sites is 2. The third kappa shape index (κ3) is 7.70. The Bertz CT molecular complexity index is 841. The van der Waals surface area contributed by atoms with Crippen LogP contribution in [0.2, 0.25) is 0 Å². The maximum Gasteiger partial charge on any atom is 0.573 e. The zero-order valence-electron chi connectivity index (χ0n) is 15.7. The lowest BCUT2D eigenvalue weighted by Gasteiger charge is -2.17. The van der Waals surface area contributed by atoms with Gasteiger partial charge in [-0.1, -0.05) is 12.1 Å². The molecule has 0 aliphatic heterocycles. The Balaban J connectivity index is 1.81. The van der Waals surface area contributed by atoms with Crippen LogP contribution < -0.4 is 20.1 Å². The first-order valence-corrected chi connectivity index (χ1v) is 8.43. The van der Waals surface area contributed by atoms with E-state index in [1.54, 1.807) is 31.3 Å². The van der Waals surface area contributed by atoms with Crippen molar-refractivity contribution in [3.05, 3.63) is 48.5 Å². The van der Waals surface area contributed by atoms with Crippen LogP contribution in [0.25, 0.3) is 0 Å². The molecule has 0 unspecified atom stereocenters. The second-order valence-electron chi connectivity index (χ2n) is 6.04. The van der Waals surface area contributed by atoms with Crippen LogP contribution in [0.5, 0.6) is 11.5 Å². The highest BCUT2D eigenvalue weighted by Gasteiger charge is 2.30. The summed E-state index contributed by atoms with van der Waals surface area (Å²) in [5.41, 5.74) is 0.815. The molecule has 2 rings (SSSR count). The van der Waals surface area contributed by atoms with Crippen LogP contribution in [0, 0.1) is 0 Å². The number of amides is 2. The Morgan fingerprint density at radius 3 is 2.14 bits per heavy atom. The summed E-state index contributed by atoms with van der Waals surface area (Å²) in [7, 11) is 3.07. The molecule has 156 valence electrons. The van der Waals surface area contributed by atoms with Crippen LogP contribution >= 0.6 is 0 Å². The molecule has 0 saturated heterocycles. The molecular weight excluding hydrogens is 391 g/mol. The first-order chi connectivity index (χ1) is 13.7. The number of likely N-dealkylation sites (N-methyl/N-ethyl adjacent to an activating group) is 1. The molecule has 0 heterocycles. The highest BCUT2D eigenvalue weighted by Crippen LogP contribution is 2.24. The fourth-order valence-corrected chi connectivity index (χ4v) is 2.42. The van der Waals surface area contributed by atoms with Crippen molar-refractivity contribution in [2.45, 2.75) is 6.36 Å². The van der Waals surface area contributed by atoms with Crippen LogP contribution in [0.1, 0.15) is 0 Å². The molecule has 0 bridgehead atoms. The summed E-state index contributed by atoms with van der Waals surface area (Å²) in [4.78, 5) is 25.7. The van der Waals surface area contributed by atoms with Gasteiger partial charge < -0.3 is 20.1 Å². The number of halogens is 3. The van der Waals surface area contributed by atoms with Gasteiger partial charge in [-0.25, -0.2) is 0 Å². The van der Waals surface area contributed by atoms with Gasteiger partial charge in [0.25, 0.3) is 0 Å². The number of nitrogens with one attached hydrogen (secondary N) is 2. The predicted octanol–water partition coefficient (Wildman–Crippen LogP) is 3.10. The average molecular weight is 411 g/mol. The zero-order chi connectivity index (χ0) is 21.4. The molecule has 0 aliphatic carbocycles. The van der Waals surface area contributed by atoms with E-state index < -0.39 is 12.3 Å². The second-order valence-corrected chi connectivity index (χ2v) is 6.04. The first-order valence-electron chi connectivity index (χ1n) is 8.43. The van der Waals surface area contributed by atoms with Crippen LogP contribution in [0.4, 0.5) is 24.5 Å². The van der Waals surface area contributed by atoms with Gasteiger partial charge in [0.1, 0.15) is 11.5 Å². The molecule has 0 aliphatic rings. The first kappa shape index (κ1) is 22.0. The largest absolute Gasteiger partial charge is 0.573 e. The highest BCUT2D eigenvalue weighted by molar-refractivity contribution is 5.95. The van der Waals surface area contributed by atoms with E-state index in [4.69, 9.17) is 4.74 Å². The molecule has 10 heteroatoms. The Morgan fingerprint density at radius 1 is 0.966 bits per heavy atom. The summed E-state index contributed by atoms with van der Waals surface area (Å²) >= 11 is 0. The van der Waals surface area contributed by atoms with Crippen molar-refractivity contribution in [3.8, 4) is 11.5 Å². The Kier molecular flexibility index (Phi) is 7.43. The number of carbonyl (C=O) groups excluding carboxylic acids is 2. The molecule has 2 aromatic carbocycles. The quantitative estimate of drug-likeness (QED) is 0.698. The maximum atomic E-state index is 12.1. The van der Waals surface area contributed by atoms with Gasteiger partial charge in [0.15, 0.2) is 0 Å². The Labute approximate surface area is 165 Å². The van der Waals surface area contributed by atoms with Crippen LogP contribution in [-0.2, 0) is 9.59 Å². The summed E-state index contributed by atoms with van der Waals surface area (Å²) in [6.45, 7) is -0.149. The number of nitrogens with zero attached hydrogens (tertiary/aromatic N) is 1. The lowest BCUT2D eigenvalue weighted by atomic mass is 10.3. The minimum Gasteiger partial charge on any atom is -0.495 e. The van der Waals surface area contributed by atoms with Crippen molar-refractivity contribution in [2.75, 3.05) is 37.9 Å². The lowest BCUT2D eigenvalue weighted by molar-refractivity contribution is -0.274. The molecule has 0 aromatic heterocycles. The molecule has 7 nitrogen and oxygen atoms in total. The van der Waals surface area contributed by atoms with Crippen LogP contribution in [-0.4, -0.2) is 50.3 Å². The highest BCUT2D eigenvalue weighted by atomic mass is 19.4. The normalized spacial score (nSPS) is 11.1. The summed E-state index contributed by atoms with van der Waals surface area (Å²) in [6, 6.07) is 11.7. The van der Waals surface area contributed by atoms with E-state index in [0.717, 1.165) is 12.1 Å². The zero-order valence-corrected chi connectivity index (χ0v) is 15.7. The molecule has 2 aromatic rings. The van der Waals surface area contributed by atoms with Crippen LogP contribution in [0.3, 0.4) is 0 Å². The maximum absolute atomic E-state index is 12.1. The molecule has 0 radical (unpaired) electrons. The van der Waals surface area contributed by atoms with Crippen LogP contribution in [0.15, 0.2) is 48.5 Å². The number of hydrogen-bond acceptors (Lipinski definition) is 5. The van der Waals surface area contributed by atoms with E-state index in [9.17, 15) is 22.8 Å². The fraction of sp³-hybridized carbons (Fsp3) is 0.263. The molecule has 0 saturated carbocycles. The summed E-state index contributed by atoms with van der Waals surface area (Å²) in [6.07, 6.45) is -4.78. The van der Waals surface area contributed by atoms with E-state index in [1.165, 1.54) is 24.1 Å². The number of rotatable bonds is 8. The molecule has 0 spiro atoms. The van der Waals surface area contributed by atoms with E-state index in [2.05, 4.69) is 15.4 Å². The van der Waals surface area contributed by atoms with Gasteiger partial charge >= 0.3 is 6.36 Å². The number of hydrogen-bond donors (Lipinski definition) is 2. The third-order valence-corrected chi connectivity index (χ3v) is 3.58. The van der Waals surface area contributed by atoms with Crippen molar-refractivity contribution >= 4 is 23.2 Å². The Hall–Kier alpha value is -3.27. The van der Waals surface area contributed by atoms with Crippen molar-refractivity contribution in [3.63, 3.8) is 0 Å². The van der Waals surface area contributed by atoms with E-state index in [1.807, 2.05) is 0 Å². The van der Waals surface area contributed by atoms with Crippen molar-refractivity contribution in [2.24, 2.45) is 0 Å². The summed E-state index contributed by atoms with van der Waals surface area (Å²) in [5.74, 6) is -0.639. The van der Waals surface area contributed by atoms with Gasteiger partial charge in [0, 0.05) is 5.69 Å². The van der Waals surface area contributed by atoms with Gasteiger partial charge in [-0.05, 0) is 43.4 Å². The number of benzene rings is 2. The van der Waals surface area contributed by atoms with E-state index in [-0.39, 0.29) is 24.7 Å². The molecule has 0 atom stereocenters. The molecule has 2 N–H and O–H groups in total. The van der Waals surface area contributed by atoms with Gasteiger partial charge in [-0.15, -0.1) is 13.2 Å². The second kappa shape index (κ2) is 9.78. The number of alkyl halides is 3. The smallest absolute Gasteiger partial charge is 0.495 e. The average Bonchev–Trinajstić information content (AvgIpc) is 2.62. The monoisotopic (exact) mass is 411 g/mol. The molecule has 2 amide bonds. The summed E-state index contributed by atoms with van der Waals surface area (Å²) < 4.78 is 45.3. The van der Waals surface area contributed by atoms with Gasteiger partial charge in [-0.3, -0.25) is 14.5 Å². The van der Waals surface area contributed by atoms with Gasteiger partial charge in [0.2, 0.25) is 11.8 Å². The molecule has 29 heavy (non-hydrogen) atoms. The van der Waals surface area contributed by atoms with E-state index in [0.29, 0.717) is 17.1 Å². The van der Waals surface area contributed by atoms with Gasteiger partial charge in [-0.2, -0.15) is 0 Å². The number of methoxy groups -OCH3 is 1. The minimum atomic E-state index is -4.78. The number of ether oxygens (including phenoxy) is 2. The van der Waals surface area contributed by atoms with Gasteiger partial charge in [0.05, 0.1) is 25.9 Å². The lowest BCUT2D eigenvalue weighted by Crippen LogP contribution is -2.36. The van der Waals surface area contributed by atoms with Crippen molar-refractivity contribution in [1.82, 2.24) is 4.90 Å². The topological polar surface area (TPSA) is 79.9 Å². The number of carbonyl (C=O) groups is 2. The van der Waals surface area contributed by atoms with Crippen molar-refractivity contribution < 1.29 is 32.2 Å². The van der Waals surface area contributed by atoms with Crippen molar-refractivity contribution in [1.29, 1.82) is 0 Å². The standard InChI is InChI=1S/C19H20F3N3O4/c1-25(12-18(27)24-15-5-3-4-6-16(15)28-2)11-17(26)23-13-7-9-14(10-8-13)29-19(20,21)22/h3-10H,11-12H2,1-2H3,(H,23,26)(H,24,27). The molecule has 0 fully saturated rings. The third-order valence-electron chi connectivity index (χ3n) is 3.58. The van der Waals surface area contributed by atoms with E-state index >= 15 is 0 Å². The number of anilines is 2. The Morgan fingerprint density at radius 2 is 1.55 bits per heavy atom. The predicted molar refractivity (Wildman–Crippen MR) is 101 cm³/mol. The summed E-state index contributed by atoms with van der Waals surface area (Å²) in [5, 5.41) is 5.23. The minimum absolute atomic E-state index is 0.0518. The fourth-order valence-electron chi connectivity index (χ4n) is 2.42. The SMILES string of the molecule is COc1ccccc1NC(=O)CN(C)CC(=O)Nc1ccc(OC(F)(F)F)cc1.